The minimum Gasteiger partial charge on any atom is -0.477 e. The monoisotopic (exact) mass is 196 g/mol. The third-order valence-electron chi connectivity index (χ3n) is 3.31. The molecular formula is C10H16N2O2. The molecule has 0 aromatic heterocycles. The summed E-state index contributed by atoms with van der Waals surface area (Å²) in [6.45, 7) is 4.45. The topological polar surface area (TPSA) is 61.7 Å². The van der Waals surface area contributed by atoms with Crippen molar-refractivity contribution in [2.75, 3.05) is 0 Å². The predicted molar refractivity (Wildman–Crippen MR) is 53.1 cm³/mol. The van der Waals surface area contributed by atoms with Crippen molar-refractivity contribution in [3.63, 3.8) is 0 Å². The Balaban J connectivity index is 2.11. The van der Waals surface area contributed by atoms with Gasteiger partial charge in [-0.05, 0) is 24.7 Å². The summed E-state index contributed by atoms with van der Waals surface area (Å²) in [4.78, 5) is 10.8. The molecular weight excluding hydrogens is 180 g/mol. The van der Waals surface area contributed by atoms with Gasteiger partial charge in [0, 0.05) is 5.92 Å². The first kappa shape index (κ1) is 9.49. The van der Waals surface area contributed by atoms with Crippen LogP contribution in [0.15, 0.2) is 5.10 Å². The Morgan fingerprint density at radius 2 is 2.36 bits per heavy atom. The lowest BCUT2D eigenvalue weighted by Gasteiger charge is -2.36. The number of carboxylic acids is 1. The van der Waals surface area contributed by atoms with Gasteiger partial charge in [0.15, 0.2) is 0 Å². The number of hydrogen-bond acceptors (Lipinski definition) is 3. The lowest BCUT2D eigenvalue weighted by Crippen LogP contribution is -2.40. The largest absolute Gasteiger partial charge is 0.477 e. The zero-order valence-electron chi connectivity index (χ0n) is 8.58. The molecule has 0 aromatic rings. The minimum atomic E-state index is -0.871. The maximum absolute atomic E-state index is 10.8. The zero-order valence-corrected chi connectivity index (χ0v) is 8.58. The van der Waals surface area contributed by atoms with Crippen LogP contribution in [0.2, 0.25) is 0 Å². The maximum Gasteiger partial charge on any atom is 0.352 e. The van der Waals surface area contributed by atoms with Gasteiger partial charge in [0.1, 0.15) is 5.71 Å². The van der Waals surface area contributed by atoms with Gasteiger partial charge in [-0.25, -0.2) is 4.79 Å². The van der Waals surface area contributed by atoms with E-state index in [1.54, 1.807) is 0 Å². The van der Waals surface area contributed by atoms with Gasteiger partial charge in [-0.1, -0.05) is 13.8 Å². The molecule has 0 aromatic carbocycles. The van der Waals surface area contributed by atoms with Crippen molar-refractivity contribution in [1.82, 2.24) is 5.43 Å². The fourth-order valence-electron chi connectivity index (χ4n) is 2.49. The van der Waals surface area contributed by atoms with Gasteiger partial charge in [0.25, 0.3) is 0 Å². The van der Waals surface area contributed by atoms with Crippen LogP contribution in [0.5, 0.6) is 0 Å². The highest BCUT2D eigenvalue weighted by atomic mass is 16.4. The molecule has 4 nitrogen and oxygen atoms in total. The summed E-state index contributed by atoms with van der Waals surface area (Å²) in [5.41, 5.74) is 3.59. The number of nitrogens with zero attached hydrogens (tertiary/aromatic N) is 1. The zero-order chi connectivity index (χ0) is 10.3. The summed E-state index contributed by atoms with van der Waals surface area (Å²) in [6, 6.07) is 0.241. The summed E-state index contributed by atoms with van der Waals surface area (Å²) in [5.74, 6) is -0.745. The van der Waals surface area contributed by atoms with Crippen molar-refractivity contribution in [2.45, 2.75) is 39.2 Å². The maximum atomic E-state index is 10.8. The van der Waals surface area contributed by atoms with E-state index in [1.165, 1.54) is 0 Å². The quantitative estimate of drug-likeness (QED) is 0.663. The molecule has 0 bridgehead atoms. The Bertz CT molecular complexity index is 296. The van der Waals surface area contributed by atoms with Gasteiger partial charge in [-0.15, -0.1) is 0 Å². The molecule has 1 heterocycles. The SMILES string of the molecule is CC1(C)CC[C@@H]2C(C(=O)O)=NN[C@H]2C1. The van der Waals surface area contributed by atoms with Gasteiger partial charge in [0.05, 0.1) is 6.04 Å². The van der Waals surface area contributed by atoms with Crippen LogP contribution < -0.4 is 5.43 Å². The first-order valence-corrected chi connectivity index (χ1v) is 5.06. The van der Waals surface area contributed by atoms with Gasteiger partial charge in [-0.2, -0.15) is 5.10 Å². The molecule has 1 fully saturated rings. The summed E-state index contributed by atoms with van der Waals surface area (Å²) in [7, 11) is 0. The number of carbonyl (C=O) groups is 1. The van der Waals surface area contributed by atoms with Crippen molar-refractivity contribution in [1.29, 1.82) is 0 Å². The molecule has 0 radical (unpaired) electrons. The molecule has 0 unspecified atom stereocenters. The smallest absolute Gasteiger partial charge is 0.352 e. The van der Waals surface area contributed by atoms with Crippen LogP contribution in [0, 0.1) is 11.3 Å². The molecule has 1 aliphatic heterocycles. The van der Waals surface area contributed by atoms with E-state index in [0.29, 0.717) is 11.1 Å². The molecule has 1 saturated carbocycles. The van der Waals surface area contributed by atoms with Gasteiger partial charge < -0.3 is 10.5 Å². The van der Waals surface area contributed by atoms with Crippen molar-refractivity contribution in [3.05, 3.63) is 0 Å². The van der Waals surface area contributed by atoms with Crippen LogP contribution in [0.25, 0.3) is 0 Å². The molecule has 2 aliphatic rings. The Kier molecular flexibility index (Phi) is 2.01. The van der Waals surface area contributed by atoms with E-state index in [2.05, 4.69) is 24.4 Å². The van der Waals surface area contributed by atoms with Crippen LogP contribution in [0.4, 0.5) is 0 Å². The lowest BCUT2D eigenvalue weighted by molar-refractivity contribution is -0.129. The van der Waals surface area contributed by atoms with Crippen LogP contribution in [-0.2, 0) is 4.79 Å². The summed E-state index contributed by atoms with van der Waals surface area (Å²) >= 11 is 0. The number of hydrogen-bond donors (Lipinski definition) is 2. The van der Waals surface area contributed by atoms with Crippen LogP contribution >= 0.6 is 0 Å². The third-order valence-corrected chi connectivity index (χ3v) is 3.31. The van der Waals surface area contributed by atoms with Crippen LogP contribution in [0.1, 0.15) is 33.1 Å². The van der Waals surface area contributed by atoms with E-state index >= 15 is 0 Å². The van der Waals surface area contributed by atoms with E-state index in [9.17, 15) is 4.79 Å². The number of rotatable bonds is 1. The molecule has 14 heavy (non-hydrogen) atoms. The van der Waals surface area contributed by atoms with E-state index < -0.39 is 5.97 Å². The first-order chi connectivity index (χ1) is 6.49. The first-order valence-electron chi connectivity index (χ1n) is 5.06. The summed E-state index contributed by atoms with van der Waals surface area (Å²) in [5, 5.41) is 12.8. The highest BCUT2D eigenvalue weighted by Crippen LogP contribution is 2.40. The van der Waals surface area contributed by atoms with Crippen LogP contribution in [0.3, 0.4) is 0 Å². The summed E-state index contributed by atoms with van der Waals surface area (Å²) in [6.07, 6.45) is 3.04. The second kappa shape index (κ2) is 2.97. The molecule has 2 N–H and O–H groups in total. The highest BCUT2D eigenvalue weighted by Gasteiger charge is 2.42. The number of fused-ring (bicyclic) bond motifs is 1. The van der Waals surface area contributed by atoms with Crippen LogP contribution in [-0.4, -0.2) is 22.8 Å². The van der Waals surface area contributed by atoms with Crippen molar-refractivity contribution >= 4 is 11.7 Å². The molecule has 0 saturated heterocycles. The fourth-order valence-corrected chi connectivity index (χ4v) is 2.49. The van der Waals surface area contributed by atoms with E-state index in [0.717, 1.165) is 19.3 Å². The standard InChI is InChI=1S/C10H16N2O2/c1-10(2)4-3-6-7(5-10)11-12-8(6)9(13)14/h6-7,11H,3-5H2,1-2H3,(H,13,14)/t6-,7-/m0/s1. The van der Waals surface area contributed by atoms with Gasteiger partial charge in [-0.3, -0.25) is 0 Å². The third kappa shape index (κ3) is 1.49. The molecule has 78 valence electrons. The van der Waals surface area contributed by atoms with Gasteiger partial charge >= 0.3 is 5.97 Å². The molecule has 1 aliphatic carbocycles. The molecule has 2 atom stereocenters. The van der Waals surface area contributed by atoms with Crippen molar-refractivity contribution in [2.24, 2.45) is 16.4 Å². The molecule has 2 rings (SSSR count). The average Bonchev–Trinajstić information content (AvgIpc) is 2.44. The fraction of sp³-hybridized carbons (Fsp3) is 0.800. The molecule has 0 amide bonds. The Hall–Kier alpha value is -1.06. The predicted octanol–water partition coefficient (Wildman–Crippen LogP) is 1.23. The molecule has 0 spiro atoms. The minimum absolute atomic E-state index is 0.125. The Labute approximate surface area is 83.4 Å². The molecule has 4 heteroatoms. The van der Waals surface area contributed by atoms with E-state index in [1.807, 2.05) is 0 Å². The summed E-state index contributed by atoms with van der Waals surface area (Å²) < 4.78 is 0. The second-order valence-electron chi connectivity index (χ2n) is 5.05. The van der Waals surface area contributed by atoms with Crippen molar-refractivity contribution in [3.8, 4) is 0 Å². The number of hydrazone groups is 1. The number of nitrogens with one attached hydrogen (secondary N) is 1. The van der Waals surface area contributed by atoms with E-state index in [4.69, 9.17) is 5.11 Å². The van der Waals surface area contributed by atoms with Crippen molar-refractivity contribution < 1.29 is 9.90 Å². The van der Waals surface area contributed by atoms with E-state index in [-0.39, 0.29) is 12.0 Å². The second-order valence-corrected chi connectivity index (χ2v) is 5.05. The average molecular weight is 196 g/mol. The lowest BCUT2D eigenvalue weighted by atomic mass is 9.69. The Morgan fingerprint density at radius 1 is 1.64 bits per heavy atom. The number of carboxylic acid groups (broad SMARTS) is 1. The number of aliphatic carboxylic acids is 1. The normalized spacial score (nSPS) is 34.3. The van der Waals surface area contributed by atoms with Gasteiger partial charge in [0.2, 0.25) is 0 Å². The Morgan fingerprint density at radius 3 is 3.00 bits per heavy atom. The highest BCUT2D eigenvalue weighted by molar-refractivity contribution is 6.37.